The molecule has 0 saturated carbocycles. The Morgan fingerprint density at radius 2 is 2.18 bits per heavy atom. The second-order valence-corrected chi connectivity index (χ2v) is 2.38. The Balaban J connectivity index is 3.08. The molecule has 0 fully saturated rings. The molecule has 58 valence electrons. The summed E-state index contributed by atoms with van der Waals surface area (Å²) < 4.78 is 12.5. The molecule has 0 heterocycles. The van der Waals surface area contributed by atoms with Crippen LogP contribution in [0.2, 0.25) is 5.02 Å². The van der Waals surface area contributed by atoms with Gasteiger partial charge in [-0.3, -0.25) is 0 Å². The van der Waals surface area contributed by atoms with Crippen LogP contribution >= 0.6 is 11.6 Å². The Labute approximate surface area is 67.9 Å². The Morgan fingerprint density at radius 3 is 2.73 bits per heavy atom. The molecule has 0 atom stereocenters. The van der Waals surface area contributed by atoms with E-state index in [9.17, 15) is 4.39 Å². The molecule has 1 rings (SSSR count). The lowest BCUT2D eigenvalue weighted by atomic mass is 10.2. The van der Waals surface area contributed by atoms with Gasteiger partial charge in [0.1, 0.15) is 5.82 Å². The Hall–Kier alpha value is -1.09. The molecule has 0 spiro atoms. The van der Waals surface area contributed by atoms with Crippen LogP contribution < -0.4 is 0 Å². The molecule has 0 aliphatic carbocycles. The standard InChI is InChI=1S/C7H5ClFNO/c8-6-1-5(4-10-11)2-7(9)3-6/h1-4,11H/b10-4+. The van der Waals surface area contributed by atoms with Crippen molar-refractivity contribution in [3.8, 4) is 0 Å². The van der Waals surface area contributed by atoms with Crippen LogP contribution in [0.5, 0.6) is 0 Å². The maximum absolute atomic E-state index is 12.5. The third-order valence-electron chi connectivity index (χ3n) is 1.09. The van der Waals surface area contributed by atoms with E-state index in [0.717, 1.165) is 6.21 Å². The molecule has 2 nitrogen and oxygen atoms in total. The highest BCUT2D eigenvalue weighted by molar-refractivity contribution is 6.30. The molecule has 0 aliphatic rings. The number of oxime groups is 1. The third kappa shape index (κ3) is 2.20. The van der Waals surface area contributed by atoms with E-state index >= 15 is 0 Å². The largest absolute Gasteiger partial charge is 0.411 e. The molecule has 11 heavy (non-hydrogen) atoms. The summed E-state index contributed by atoms with van der Waals surface area (Å²) in [5.41, 5.74) is 0.428. The second kappa shape index (κ2) is 3.34. The summed E-state index contributed by atoms with van der Waals surface area (Å²) >= 11 is 5.50. The fourth-order valence-corrected chi connectivity index (χ4v) is 0.947. The lowest BCUT2D eigenvalue weighted by Crippen LogP contribution is -1.83. The highest BCUT2D eigenvalue weighted by Crippen LogP contribution is 2.12. The van der Waals surface area contributed by atoms with Crippen LogP contribution in [-0.4, -0.2) is 11.4 Å². The molecule has 0 aliphatic heterocycles. The molecule has 0 bridgehead atoms. The lowest BCUT2D eigenvalue weighted by Gasteiger charge is -1.93. The Bertz CT molecular complexity index is 268. The van der Waals surface area contributed by atoms with Crippen LogP contribution in [0.1, 0.15) is 5.56 Å². The van der Waals surface area contributed by atoms with Gasteiger partial charge in [-0.1, -0.05) is 16.8 Å². The fraction of sp³-hybridized carbons (Fsp3) is 0. The Morgan fingerprint density at radius 1 is 1.45 bits per heavy atom. The molecular formula is C7H5ClFNO. The highest BCUT2D eigenvalue weighted by atomic mass is 35.5. The smallest absolute Gasteiger partial charge is 0.125 e. The van der Waals surface area contributed by atoms with E-state index in [1.54, 1.807) is 0 Å². The lowest BCUT2D eigenvalue weighted by molar-refractivity contribution is 0.322. The van der Waals surface area contributed by atoms with Crippen molar-refractivity contribution >= 4 is 17.8 Å². The minimum Gasteiger partial charge on any atom is -0.411 e. The highest BCUT2D eigenvalue weighted by Gasteiger charge is 1.95. The van der Waals surface area contributed by atoms with Gasteiger partial charge in [0.2, 0.25) is 0 Å². The fourth-order valence-electron chi connectivity index (χ4n) is 0.716. The quantitative estimate of drug-likeness (QED) is 0.395. The molecule has 0 aromatic heterocycles. The summed E-state index contributed by atoms with van der Waals surface area (Å²) in [6.07, 6.45) is 1.11. The number of rotatable bonds is 1. The van der Waals surface area contributed by atoms with Crippen molar-refractivity contribution in [1.29, 1.82) is 0 Å². The number of halogens is 2. The summed E-state index contributed by atoms with van der Waals surface area (Å²) in [6, 6.07) is 3.88. The van der Waals surface area contributed by atoms with Crippen LogP contribution in [0.4, 0.5) is 4.39 Å². The molecule has 0 saturated heterocycles. The van der Waals surface area contributed by atoms with Crippen molar-refractivity contribution in [1.82, 2.24) is 0 Å². The first kappa shape index (κ1) is 8.01. The van der Waals surface area contributed by atoms with Crippen molar-refractivity contribution in [2.45, 2.75) is 0 Å². The molecule has 4 heteroatoms. The van der Waals surface area contributed by atoms with Gasteiger partial charge in [-0.05, 0) is 18.2 Å². The predicted molar refractivity (Wildman–Crippen MR) is 40.8 cm³/mol. The molecule has 1 N–H and O–H groups in total. The zero-order chi connectivity index (χ0) is 8.27. The minimum absolute atomic E-state index is 0.278. The second-order valence-electron chi connectivity index (χ2n) is 1.95. The van der Waals surface area contributed by atoms with E-state index in [-0.39, 0.29) is 5.02 Å². The van der Waals surface area contributed by atoms with Crippen molar-refractivity contribution in [3.63, 3.8) is 0 Å². The zero-order valence-electron chi connectivity index (χ0n) is 5.46. The molecular weight excluding hydrogens is 169 g/mol. The van der Waals surface area contributed by atoms with Gasteiger partial charge >= 0.3 is 0 Å². The molecule has 0 radical (unpaired) electrons. The summed E-state index contributed by atoms with van der Waals surface area (Å²) in [5, 5.41) is 11.1. The molecule has 0 amide bonds. The monoisotopic (exact) mass is 173 g/mol. The van der Waals surface area contributed by atoms with E-state index in [1.807, 2.05) is 0 Å². The topological polar surface area (TPSA) is 32.6 Å². The average Bonchev–Trinajstić information content (AvgIpc) is 1.85. The van der Waals surface area contributed by atoms with Gasteiger partial charge in [-0.25, -0.2) is 4.39 Å². The van der Waals surface area contributed by atoms with Gasteiger partial charge in [-0.15, -0.1) is 0 Å². The van der Waals surface area contributed by atoms with Gasteiger partial charge in [0.05, 0.1) is 6.21 Å². The van der Waals surface area contributed by atoms with Gasteiger partial charge in [0.15, 0.2) is 0 Å². The predicted octanol–water partition coefficient (Wildman–Crippen LogP) is 2.29. The van der Waals surface area contributed by atoms with Gasteiger partial charge in [0.25, 0.3) is 0 Å². The first-order chi connectivity index (χ1) is 5.22. The van der Waals surface area contributed by atoms with Gasteiger partial charge in [0, 0.05) is 10.6 Å². The average molecular weight is 174 g/mol. The zero-order valence-corrected chi connectivity index (χ0v) is 6.22. The molecule has 0 unspecified atom stereocenters. The normalized spacial score (nSPS) is 10.7. The van der Waals surface area contributed by atoms with Crippen molar-refractivity contribution in [3.05, 3.63) is 34.6 Å². The van der Waals surface area contributed by atoms with Crippen molar-refractivity contribution in [2.75, 3.05) is 0 Å². The molecule has 1 aromatic carbocycles. The third-order valence-corrected chi connectivity index (χ3v) is 1.31. The SMILES string of the molecule is O/N=C/c1cc(F)cc(Cl)c1. The first-order valence-electron chi connectivity index (χ1n) is 2.86. The van der Waals surface area contributed by atoms with Crippen LogP contribution in [0, 0.1) is 5.82 Å². The van der Waals surface area contributed by atoms with Crippen LogP contribution in [0.3, 0.4) is 0 Å². The van der Waals surface area contributed by atoms with E-state index in [2.05, 4.69) is 5.16 Å². The molecule has 1 aromatic rings. The van der Waals surface area contributed by atoms with Crippen molar-refractivity contribution < 1.29 is 9.60 Å². The van der Waals surface area contributed by atoms with E-state index < -0.39 is 5.82 Å². The summed E-state index contributed by atoms with van der Waals surface area (Å²) in [7, 11) is 0. The summed E-state index contributed by atoms with van der Waals surface area (Å²) in [5.74, 6) is -0.451. The van der Waals surface area contributed by atoms with Crippen LogP contribution in [-0.2, 0) is 0 Å². The van der Waals surface area contributed by atoms with Crippen molar-refractivity contribution in [2.24, 2.45) is 5.16 Å². The minimum atomic E-state index is -0.451. The van der Waals surface area contributed by atoms with E-state index in [0.29, 0.717) is 5.56 Å². The summed E-state index contributed by atoms with van der Waals surface area (Å²) in [6.45, 7) is 0. The maximum Gasteiger partial charge on any atom is 0.125 e. The maximum atomic E-state index is 12.5. The van der Waals surface area contributed by atoms with Gasteiger partial charge in [-0.2, -0.15) is 0 Å². The van der Waals surface area contributed by atoms with Crippen LogP contribution in [0.25, 0.3) is 0 Å². The van der Waals surface area contributed by atoms with Crippen LogP contribution in [0.15, 0.2) is 23.4 Å². The Kier molecular flexibility index (Phi) is 2.44. The number of nitrogens with zero attached hydrogens (tertiary/aromatic N) is 1. The number of hydrogen-bond donors (Lipinski definition) is 1. The first-order valence-corrected chi connectivity index (χ1v) is 3.23. The van der Waals surface area contributed by atoms with Gasteiger partial charge < -0.3 is 5.21 Å². The summed E-state index contributed by atoms with van der Waals surface area (Å²) in [4.78, 5) is 0. The van der Waals surface area contributed by atoms with E-state index in [1.165, 1.54) is 18.2 Å². The van der Waals surface area contributed by atoms with E-state index in [4.69, 9.17) is 16.8 Å². The number of hydrogen-bond acceptors (Lipinski definition) is 2. The number of benzene rings is 1.